The van der Waals surface area contributed by atoms with Gasteiger partial charge >= 0.3 is 11.9 Å². The fourth-order valence-electron chi connectivity index (χ4n) is 4.44. The second-order valence-electron chi connectivity index (χ2n) is 11.4. The van der Waals surface area contributed by atoms with Crippen LogP contribution in [-0.2, 0) is 46.4 Å². The van der Waals surface area contributed by atoms with Gasteiger partial charge in [-0.1, -0.05) is 74.5 Å². The quantitative estimate of drug-likeness (QED) is 0.0793. The first-order chi connectivity index (χ1) is 23.2. The van der Waals surface area contributed by atoms with Crippen molar-refractivity contribution < 1.29 is 43.8 Å². The molecule has 0 aliphatic rings. The first-order valence-corrected chi connectivity index (χ1v) is 16.3. The van der Waals surface area contributed by atoms with E-state index in [9.17, 15) is 38.7 Å². The number of thiol groups is 1. The molecular weight excluding hydrogens is 656 g/mol. The van der Waals surface area contributed by atoms with Crippen molar-refractivity contribution in [3.8, 4) is 0 Å². The summed E-state index contributed by atoms with van der Waals surface area (Å²) in [4.78, 5) is 87.9. The van der Waals surface area contributed by atoms with Crippen LogP contribution >= 0.6 is 12.6 Å². The van der Waals surface area contributed by atoms with Gasteiger partial charge in [0.25, 0.3) is 0 Å². The number of hydrogen-bond donors (Lipinski definition) is 9. The highest BCUT2D eigenvalue weighted by atomic mass is 32.1. The summed E-state index contributed by atoms with van der Waals surface area (Å²) in [6, 6.07) is 11.1. The number of rotatable bonds is 20. The predicted molar refractivity (Wildman–Crippen MR) is 182 cm³/mol. The second-order valence-corrected chi connectivity index (χ2v) is 11.8. The Bertz CT molecular complexity index is 1450. The number of amides is 5. The summed E-state index contributed by atoms with van der Waals surface area (Å²) >= 11 is 3.84. The molecule has 0 bridgehead atoms. The molecule has 9 N–H and O–H groups in total. The lowest BCUT2D eigenvalue weighted by atomic mass is 10.0. The molecule has 6 atom stereocenters. The van der Waals surface area contributed by atoms with E-state index in [1.54, 1.807) is 49.4 Å². The maximum absolute atomic E-state index is 13.6. The highest BCUT2D eigenvalue weighted by Gasteiger charge is 2.31. The number of carboxylic acids is 2. The zero-order valence-corrected chi connectivity index (χ0v) is 28.2. The predicted octanol–water partition coefficient (Wildman–Crippen LogP) is -0.610. The van der Waals surface area contributed by atoms with E-state index < -0.39 is 78.7 Å². The molecule has 2 rings (SSSR count). The van der Waals surface area contributed by atoms with E-state index in [1.807, 2.05) is 25.1 Å². The van der Waals surface area contributed by atoms with Gasteiger partial charge in [-0.25, -0.2) is 4.79 Å². The summed E-state index contributed by atoms with van der Waals surface area (Å²) in [5.41, 5.74) is 7.45. The number of benzene rings is 2. The molecule has 16 heteroatoms. The van der Waals surface area contributed by atoms with Gasteiger partial charge in [-0.15, -0.1) is 0 Å². The van der Waals surface area contributed by atoms with Crippen molar-refractivity contribution in [2.45, 2.75) is 69.7 Å². The second kappa shape index (κ2) is 20.4. The van der Waals surface area contributed by atoms with Gasteiger partial charge in [-0.2, -0.15) is 12.6 Å². The smallest absolute Gasteiger partial charge is 0.327 e. The van der Waals surface area contributed by atoms with Crippen LogP contribution in [0, 0.1) is 5.92 Å². The molecule has 2 aromatic carbocycles. The van der Waals surface area contributed by atoms with E-state index in [4.69, 9.17) is 10.8 Å². The maximum Gasteiger partial charge on any atom is 0.327 e. The van der Waals surface area contributed by atoms with Crippen LogP contribution in [0.1, 0.15) is 37.8 Å². The topological polar surface area (TPSA) is 246 Å². The number of aliphatic carboxylic acids is 2. The maximum atomic E-state index is 13.6. The zero-order chi connectivity index (χ0) is 36.5. The molecule has 0 aliphatic carbocycles. The van der Waals surface area contributed by atoms with Gasteiger partial charge in [0.15, 0.2) is 0 Å². The number of carbonyl (C=O) groups excluding carboxylic acids is 5. The third kappa shape index (κ3) is 14.0. The molecule has 3 unspecified atom stereocenters. The summed E-state index contributed by atoms with van der Waals surface area (Å²) in [6.07, 6.45) is -0.114. The number of carbonyl (C=O) groups is 7. The van der Waals surface area contributed by atoms with Gasteiger partial charge in [0.2, 0.25) is 29.5 Å². The number of hydrogen-bond acceptors (Lipinski definition) is 9. The number of nitrogens with two attached hydrogens (primary N) is 1. The Morgan fingerprint density at radius 1 is 0.673 bits per heavy atom. The van der Waals surface area contributed by atoms with E-state index >= 15 is 0 Å². The first kappa shape index (κ1) is 40.2. The Morgan fingerprint density at radius 2 is 1.12 bits per heavy atom. The van der Waals surface area contributed by atoms with Crippen molar-refractivity contribution in [1.29, 1.82) is 0 Å². The van der Waals surface area contributed by atoms with Crippen LogP contribution in [0.15, 0.2) is 60.7 Å². The van der Waals surface area contributed by atoms with Crippen molar-refractivity contribution in [3.05, 3.63) is 71.8 Å². The van der Waals surface area contributed by atoms with Crippen molar-refractivity contribution in [3.63, 3.8) is 0 Å². The summed E-state index contributed by atoms with van der Waals surface area (Å²) in [5, 5.41) is 30.7. The van der Waals surface area contributed by atoms with Crippen LogP contribution < -0.4 is 32.3 Å². The van der Waals surface area contributed by atoms with E-state index in [2.05, 4.69) is 39.2 Å². The minimum absolute atomic E-state index is 0.0496. The van der Waals surface area contributed by atoms with Crippen LogP contribution in [0.5, 0.6) is 0 Å². The molecule has 49 heavy (non-hydrogen) atoms. The van der Waals surface area contributed by atoms with Gasteiger partial charge in [0, 0.05) is 31.1 Å². The monoisotopic (exact) mass is 700 g/mol. The van der Waals surface area contributed by atoms with Gasteiger partial charge in [-0.3, -0.25) is 28.8 Å². The lowest BCUT2D eigenvalue weighted by Crippen LogP contribution is -2.58. The van der Waals surface area contributed by atoms with Gasteiger partial charge in [0.05, 0.1) is 6.42 Å². The fraction of sp³-hybridized carbons (Fsp3) is 0.424. The van der Waals surface area contributed by atoms with E-state index in [0.717, 1.165) is 5.56 Å². The van der Waals surface area contributed by atoms with Crippen LogP contribution in [0.3, 0.4) is 0 Å². The Hall–Kier alpha value is -4.96. The third-order valence-electron chi connectivity index (χ3n) is 7.53. The first-order valence-electron chi connectivity index (χ1n) is 15.6. The third-order valence-corrected chi connectivity index (χ3v) is 7.90. The average molecular weight is 701 g/mol. The highest BCUT2D eigenvalue weighted by Crippen LogP contribution is 2.09. The van der Waals surface area contributed by atoms with Crippen LogP contribution in [0.25, 0.3) is 0 Å². The Balaban J connectivity index is 2.19. The molecule has 0 saturated carbocycles. The van der Waals surface area contributed by atoms with Crippen molar-refractivity contribution in [2.24, 2.45) is 11.7 Å². The summed E-state index contributed by atoms with van der Waals surface area (Å²) < 4.78 is 0. The van der Waals surface area contributed by atoms with Crippen molar-refractivity contribution in [1.82, 2.24) is 26.6 Å². The van der Waals surface area contributed by atoms with Crippen LogP contribution in [0.2, 0.25) is 0 Å². The largest absolute Gasteiger partial charge is 0.481 e. The Morgan fingerprint density at radius 3 is 1.59 bits per heavy atom. The molecule has 15 nitrogen and oxygen atoms in total. The molecule has 5 amide bonds. The average Bonchev–Trinajstić information content (AvgIpc) is 3.08. The SMILES string of the molecule is CCC(C)C(=O)N[C@@H](Cc1ccccc1)C(=O)N[C@@H](Cc1ccccc1)C(=O)NC[C@H](N)C(=O)NC(CC(=O)O)C(=O)NC(CS)C(=O)O. The lowest BCUT2D eigenvalue weighted by molar-refractivity contribution is -0.143. The van der Waals surface area contributed by atoms with E-state index in [0.29, 0.717) is 12.0 Å². The van der Waals surface area contributed by atoms with Crippen molar-refractivity contribution in [2.75, 3.05) is 12.3 Å². The molecule has 0 spiro atoms. The van der Waals surface area contributed by atoms with Gasteiger partial charge in [-0.05, 0) is 17.5 Å². The van der Waals surface area contributed by atoms with E-state index in [-0.39, 0.29) is 30.4 Å². The Kier molecular flexibility index (Phi) is 16.8. The number of carboxylic acid groups (broad SMARTS) is 2. The summed E-state index contributed by atoms with van der Waals surface area (Å²) in [5.74, 6) is -7.23. The summed E-state index contributed by atoms with van der Waals surface area (Å²) in [7, 11) is 0. The highest BCUT2D eigenvalue weighted by molar-refractivity contribution is 7.80. The van der Waals surface area contributed by atoms with E-state index in [1.165, 1.54) is 0 Å². The normalized spacial score (nSPS) is 14.4. The molecular formula is C33H44N6O9S. The van der Waals surface area contributed by atoms with Crippen LogP contribution in [0.4, 0.5) is 0 Å². The molecule has 0 radical (unpaired) electrons. The van der Waals surface area contributed by atoms with Crippen LogP contribution in [-0.4, -0.2) is 94.2 Å². The molecule has 0 heterocycles. The molecule has 0 aliphatic heterocycles. The van der Waals surface area contributed by atoms with Gasteiger partial charge < -0.3 is 42.5 Å². The fourth-order valence-corrected chi connectivity index (χ4v) is 4.68. The lowest BCUT2D eigenvalue weighted by Gasteiger charge is -2.25. The standard InChI is InChI=1S/C33H44N6O9S/c1-3-19(2)28(42)36-24(15-21-12-8-5-9-13-21)31(45)38-23(14-20-10-6-4-7-11-20)30(44)35-17-22(34)29(43)37-25(16-27(40)41)32(46)39-26(18-49)33(47)48/h4-13,19,22-26,49H,3,14-18,34H2,1-2H3,(H,35,44)(H,36,42)(H,37,43)(H,38,45)(H,39,46)(H,40,41)(H,47,48)/t19?,22-,23-,24-,25?,26?/m0/s1. The molecule has 2 aromatic rings. The molecule has 266 valence electrons. The Labute approximate surface area is 289 Å². The minimum Gasteiger partial charge on any atom is -0.481 e. The molecule has 0 aromatic heterocycles. The molecule has 0 saturated heterocycles. The van der Waals surface area contributed by atoms with Crippen molar-refractivity contribution >= 4 is 54.1 Å². The number of nitrogens with one attached hydrogen (secondary N) is 5. The van der Waals surface area contributed by atoms with Gasteiger partial charge in [0.1, 0.15) is 30.2 Å². The zero-order valence-electron chi connectivity index (χ0n) is 27.3. The molecule has 0 fully saturated rings. The summed E-state index contributed by atoms with van der Waals surface area (Å²) in [6.45, 7) is 3.12. The minimum atomic E-state index is -1.68.